The van der Waals surface area contributed by atoms with Crippen LogP contribution < -0.4 is 16.4 Å². The Balaban J connectivity index is 2.06. The van der Waals surface area contributed by atoms with Crippen molar-refractivity contribution >= 4 is 11.9 Å². The molecule has 16 heavy (non-hydrogen) atoms. The lowest BCUT2D eigenvalue weighted by molar-refractivity contribution is 0.0953. The number of rotatable bonds is 2. The number of carbonyl (C=O) groups excluding carboxylic acids is 2. The number of nitrogens with one attached hydrogen (secondary N) is 2. The molecule has 1 aromatic heterocycles. The molecule has 1 aliphatic heterocycles. The molecule has 0 radical (unpaired) electrons. The van der Waals surface area contributed by atoms with Gasteiger partial charge in [-0.15, -0.1) is 0 Å². The molecule has 1 fully saturated rings. The van der Waals surface area contributed by atoms with E-state index >= 15 is 0 Å². The number of hydrogen-bond acceptors (Lipinski definition) is 6. The Bertz CT molecular complexity index is 410. The summed E-state index contributed by atoms with van der Waals surface area (Å²) >= 11 is 0. The second-order valence-electron chi connectivity index (χ2n) is 3.42. The van der Waals surface area contributed by atoms with Gasteiger partial charge in [0.05, 0.1) is 6.04 Å². The van der Waals surface area contributed by atoms with Crippen LogP contribution in [0.2, 0.25) is 0 Å². The van der Waals surface area contributed by atoms with Crippen LogP contribution in [0.1, 0.15) is 35.4 Å². The molecule has 0 aliphatic carbocycles. The van der Waals surface area contributed by atoms with E-state index in [1.165, 1.54) is 0 Å². The Labute approximate surface area is 90.6 Å². The van der Waals surface area contributed by atoms with Gasteiger partial charge in [-0.05, 0) is 19.4 Å². The average Bonchev–Trinajstić information content (AvgIpc) is 2.87. The average molecular weight is 225 g/mol. The Kier molecular flexibility index (Phi) is 2.82. The summed E-state index contributed by atoms with van der Waals surface area (Å²) in [5.74, 6) is -0.602. The predicted octanol–water partition coefficient (Wildman–Crippen LogP) is -0.697. The number of hydrogen-bond donors (Lipinski definition) is 3. The molecular formula is C8H11N5O3. The molecule has 8 nitrogen and oxygen atoms in total. The summed E-state index contributed by atoms with van der Waals surface area (Å²) in [6.45, 7) is 0.885. The number of carbonyl (C=O) groups is 2. The van der Waals surface area contributed by atoms with Crippen LogP contribution >= 0.6 is 0 Å². The standard InChI is InChI=1S/C8H11N5O3/c9-8(15)12-6(14)5-11-7(16-13-5)4-2-1-3-10-4/h4,10H,1-3H2,(H3,9,12,14,15). The highest BCUT2D eigenvalue weighted by atomic mass is 16.5. The third-order valence-corrected chi connectivity index (χ3v) is 2.24. The van der Waals surface area contributed by atoms with Gasteiger partial charge in [0.15, 0.2) is 0 Å². The van der Waals surface area contributed by atoms with Crippen LogP contribution in [-0.4, -0.2) is 28.6 Å². The quantitative estimate of drug-likeness (QED) is 0.611. The van der Waals surface area contributed by atoms with Crippen LogP contribution in [0, 0.1) is 0 Å². The van der Waals surface area contributed by atoms with Crippen molar-refractivity contribution in [2.24, 2.45) is 5.73 Å². The van der Waals surface area contributed by atoms with Gasteiger partial charge in [-0.25, -0.2) is 4.79 Å². The van der Waals surface area contributed by atoms with E-state index in [4.69, 9.17) is 10.3 Å². The lowest BCUT2D eigenvalue weighted by Crippen LogP contribution is -2.35. The highest BCUT2D eigenvalue weighted by Crippen LogP contribution is 2.20. The van der Waals surface area contributed by atoms with Gasteiger partial charge in [0.25, 0.3) is 5.82 Å². The molecule has 1 aromatic rings. The Morgan fingerprint density at radius 1 is 1.56 bits per heavy atom. The Morgan fingerprint density at radius 2 is 2.38 bits per heavy atom. The summed E-state index contributed by atoms with van der Waals surface area (Å²) < 4.78 is 4.91. The normalized spacial score (nSPS) is 19.6. The summed E-state index contributed by atoms with van der Waals surface area (Å²) in [4.78, 5) is 25.6. The van der Waals surface area contributed by atoms with Crippen molar-refractivity contribution in [1.29, 1.82) is 0 Å². The first-order valence-corrected chi connectivity index (χ1v) is 4.84. The molecule has 8 heteroatoms. The van der Waals surface area contributed by atoms with Gasteiger partial charge in [-0.1, -0.05) is 5.16 Å². The maximum atomic E-state index is 11.3. The summed E-state index contributed by atoms with van der Waals surface area (Å²) in [6.07, 6.45) is 1.91. The van der Waals surface area contributed by atoms with Gasteiger partial charge < -0.3 is 15.6 Å². The fourth-order valence-corrected chi connectivity index (χ4v) is 1.53. The summed E-state index contributed by atoms with van der Waals surface area (Å²) in [6, 6.07) is -0.960. The number of nitrogens with zero attached hydrogens (tertiary/aromatic N) is 2. The van der Waals surface area contributed by atoms with E-state index in [9.17, 15) is 9.59 Å². The van der Waals surface area contributed by atoms with Gasteiger partial charge in [0, 0.05) is 0 Å². The van der Waals surface area contributed by atoms with Crippen molar-refractivity contribution in [2.45, 2.75) is 18.9 Å². The molecule has 0 saturated carbocycles. The van der Waals surface area contributed by atoms with Gasteiger partial charge in [-0.2, -0.15) is 4.98 Å². The van der Waals surface area contributed by atoms with Crippen molar-refractivity contribution in [2.75, 3.05) is 6.54 Å². The summed E-state index contributed by atoms with van der Waals surface area (Å²) in [7, 11) is 0. The van der Waals surface area contributed by atoms with Crippen LogP contribution in [0.15, 0.2) is 4.52 Å². The number of urea groups is 1. The van der Waals surface area contributed by atoms with Crippen LogP contribution in [0.3, 0.4) is 0 Å². The molecule has 1 aliphatic rings. The van der Waals surface area contributed by atoms with Gasteiger partial charge in [-0.3, -0.25) is 10.1 Å². The molecule has 2 heterocycles. The summed E-state index contributed by atoms with van der Waals surface area (Å²) in [5, 5.41) is 8.47. The smallest absolute Gasteiger partial charge is 0.319 e. The molecule has 1 unspecified atom stereocenters. The van der Waals surface area contributed by atoms with Crippen LogP contribution in [-0.2, 0) is 0 Å². The van der Waals surface area contributed by atoms with Gasteiger partial charge in [0.1, 0.15) is 0 Å². The Morgan fingerprint density at radius 3 is 3.00 bits per heavy atom. The fraction of sp³-hybridized carbons (Fsp3) is 0.500. The fourth-order valence-electron chi connectivity index (χ4n) is 1.53. The SMILES string of the molecule is NC(=O)NC(=O)c1noc(C2CCCN2)n1. The maximum absolute atomic E-state index is 11.3. The molecule has 0 bridgehead atoms. The highest BCUT2D eigenvalue weighted by molar-refractivity contribution is 6.01. The lowest BCUT2D eigenvalue weighted by atomic mass is 10.2. The number of aromatic nitrogens is 2. The van der Waals surface area contributed by atoms with Crippen LogP contribution in [0.5, 0.6) is 0 Å². The van der Waals surface area contributed by atoms with Gasteiger partial charge >= 0.3 is 11.9 Å². The zero-order chi connectivity index (χ0) is 11.5. The van der Waals surface area contributed by atoms with Crippen molar-refractivity contribution in [3.05, 3.63) is 11.7 Å². The van der Waals surface area contributed by atoms with E-state index in [2.05, 4.69) is 15.5 Å². The lowest BCUT2D eigenvalue weighted by Gasteiger charge is -2.01. The molecule has 2 rings (SSSR count). The second-order valence-corrected chi connectivity index (χ2v) is 3.42. The first kappa shape index (κ1) is 10.6. The third kappa shape index (κ3) is 2.16. The van der Waals surface area contributed by atoms with E-state index in [-0.39, 0.29) is 11.9 Å². The number of amides is 3. The van der Waals surface area contributed by atoms with E-state index in [0.717, 1.165) is 19.4 Å². The molecule has 0 aromatic carbocycles. The number of imide groups is 1. The zero-order valence-electron chi connectivity index (χ0n) is 8.40. The minimum Gasteiger partial charge on any atom is -0.351 e. The molecule has 0 spiro atoms. The van der Waals surface area contributed by atoms with Gasteiger partial charge in [0.2, 0.25) is 5.89 Å². The van der Waals surface area contributed by atoms with Crippen molar-refractivity contribution in [3.8, 4) is 0 Å². The minimum atomic E-state index is -0.949. The topological polar surface area (TPSA) is 123 Å². The molecule has 4 N–H and O–H groups in total. The first-order chi connectivity index (χ1) is 7.66. The monoisotopic (exact) mass is 225 g/mol. The Hall–Kier alpha value is -1.96. The molecule has 3 amide bonds. The molecule has 86 valence electrons. The highest BCUT2D eigenvalue weighted by Gasteiger charge is 2.24. The van der Waals surface area contributed by atoms with E-state index < -0.39 is 11.9 Å². The van der Waals surface area contributed by atoms with Crippen molar-refractivity contribution in [3.63, 3.8) is 0 Å². The first-order valence-electron chi connectivity index (χ1n) is 4.84. The molecular weight excluding hydrogens is 214 g/mol. The van der Waals surface area contributed by atoms with Crippen LogP contribution in [0.25, 0.3) is 0 Å². The van der Waals surface area contributed by atoms with Crippen molar-refractivity contribution in [1.82, 2.24) is 20.8 Å². The molecule has 1 atom stereocenters. The number of primary amides is 1. The van der Waals surface area contributed by atoms with Crippen LogP contribution in [0.4, 0.5) is 4.79 Å². The predicted molar refractivity (Wildman–Crippen MR) is 51.3 cm³/mol. The van der Waals surface area contributed by atoms with Crippen molar-refractivity contribution < 1.29 is 14.1 Å². The second kappa shape index (κ2) is 4.27. The maximum Gasteiger partial charge on any atom is 0.319 e. The zero-order valence-corrected chi connectivity index (χ0v) is 8.40. The van der Waals surface area contributed by atoms with E-state index in [0.29, 0.717) is 5.89 Å². The molecule has 1 saturated heterocycles. The largest absolute Gasteiger partial charge is 0.351 e. The van der Waals surface area contributed by atoms with E-state index in [1.54, 1.807) is 0 Å². The van der Waals surface area contributed by atoms with E-state index in [1.807, 2.05) is 5.32 Å². The minimum absolute atomic E-state index is 0.0115. The number of nitrogens with two attached hydrogens (primary N) is 1. The third-order valence-electron chi connectivity index (χ3n) is 2.24. The summed E-state index contributed by atoms with van der Waals surface area (Å²) in [5.41, 5.74) is 4.79.